The second kappa shape index (κ2) is 8.45. The van der Waals surface area contributed by atoms with Crippen molar-refractivity contribution in [3.8, 4) is 11.3 Å². The number of nitrogens with one attached hydrogen (secondary N) is 2. The molecule has 0 aliphatic carbocycles. The lowest BCUT2D eigenvalue weighted by molar-refractivity contribution is 0.0706. The second-order valence-corrected chi connectivity index (χ2v) is 5.41. The number of rotatable bonds is 5. The van der Waals surface area contributed by atoms with E-state index in [1.54, 1.807) is 17.6 Å². The molecule has 1 aromatic heterocycles. The molecule has 1 heterocycles. The molecule has 0 radical (unpaired) electrons. The first-order chi connectivity index (χ1) is 13.2. The number of amides is 2. The highest BCUT2D eigenvalue weighted by atomic mass is 16.5. The molecule has 0 bridgehead atoms. The summed E-state index contributed by atoms with van der Waals surface area (Å²) in [6, 6.07) is 15.8. The molecule has 27 heavy (non-hydrogen) atoms. The van der Waals surface area contributed by atoms with Gasteiger partial charge in [0.15, 0.2) is 0 Å². The minimum Gasteiger partial charge on any atom is -0.288 e. The van der Waals surface area contributed by atoms with Crippen molar-refractivity contribution in [2.45, 2.75) is 0 Å². The van der Waals surface area contributed by atoms with Crippen LogP contribution in [0.2, 0.25) is 0 Å². The van der Waals surface area contributed by atoms with Gasteiger partial charge in [-0.1, -0.05) is 42.5 Å². The highest BCUT2D eigenvalue weighted by molar-refractivity contribution is 5.95. The fourth-order valence-electron chi connectivity index (χ4n) is 2.21. The minimum atomic E-state index is -0.607. The third kappa shape index (κ3) is 4.59. The van der Waals surface area contributed by atoms with Crippen LogP contribution in [0.3, 0.4) is 0 Å². The highest BCUT2D eigenvalue weighted by Crippen LogP contribution is 2.14. The van der Waals surface area contributed by atoms with E-state index in [4.69, 9.17) is 5.21 Å². The molecular weight excluding hydrogens is 346 g/mol. The summed E-state index contributed by atoms with van der Waals surface area (Å²) in [6.45, 7) is 0. The molecule has 0 unspecified atom stereocenters. The molecule has 3 rings (SSSR count). The molecule has 0 aliphatic rings. The summed E-state index contributed by atoms with van der Waals surface area (Å²) in [6.07, 6.45) is 4.33. The zero-order valence-electron chi connectivity index (χ0n) is 14.0. The third-order valence-corrected chi connectivity index (χ3v) is 3.61. The number of hydrazone groups is 1. The van der Waals surface area contributed by atoms with E-state index in [0.717, 1.165) is 5.56 Å². The molecule has 2 amide bonds. The van der Waals surface area contributed by atoms with Crippen molar-refractivity contribution in [3.63, 3.8) is 0 Å². The van der Waals surface area contributed by atoms with Crippen molar-refractivity contribution in [2.75, 3.05) is 0 Å². The Morgan fingerprint density at radius 2 is 1.67 bits per heavy atom. The van der Waals surface area contributed by atoms with Crippen molar-refractivity contribution in [1.29, 1.82) is 0 Å². The maximum Gasteiger partial charge on any atom is 0.291 e. The van der Waals surface area contributed by atoms with Crippen molar-refractivity contribution in [3.05, 3.63) is 83.8 Å². The molecule has 2 aromatic carbocycles. The summed E-state index contributed by atoms with van der Waals surface area (Å²) in [5, 5.41) is 12.4. The average Bonchev–Trinajstić information content (AvgIpc) is 2.74. The minimum absolute atomic E-state index is 0.141. The van der Waals surface area contributed by atoms with Crippen LogP contribution in [-0.4, -0.2) is 33.2 Å². The van der Waals surface area contributed by atoms with E-state index in [2.05, 4.69) is 20.5 Å². The van der Waals surface area contributed by atoms with Gasteiger partial charge in [0.05, 0.1) is 24.3 Å². The lowest BCUT2D eigenvalue weighted by Gasteiger charge is -2.02. The van der Waals surface area contributed by atoms with Gasteiger partial charge in [0, 0.05) is 11.1 Å². The van der Waals surface area contributed by atoms with Crippen LogP contribution in [0.1, 0.15) is 26.4 Å². The van der Waals surface area contributed by atoms with Gasteiger partial charge in [0.1, 0.15) is 5.69 Å². The van der Waals surface area contributed by atoms with Gasteiger partial charge in [-0.05, 0) is 17.7 Å². The van der Waals surface area contributed by atoms with Crippen LogP contribution in [0, 0.1) is 0 Å². The van der Waals surface area contributed by atoms with Crippen molar-refractivity contribution in [1.82, 2.24) is 20.9 Å². The maximum absolute atomic E-state index is 12.1. The maximum atomic E-state index is 12.1. The number of nitrogens with zero attached hydrogens (tertiary/aromatic N) is 3. The highest BCUT2D eigenvalue weighted by Gasteiger charge is 2.08. The number of hydrogen-bond acceptors (Lipinski definition) is 6. The Kier molecular flexibility index (Phi) is 5.60. The zero-order chi connectivity index (χ0) is 19.1. The van der Waals surface area contributed by atoms with Crippen molar-refractivity contribution >= 4 is 18.0 Å². The first kappa shape index (κ1) is 17.9. The van der Waals surface area contributed by atoms with Crippen molar-refractivity contribution < 1.29 is 14.8 Å². The normalized spacial score (nSPS) is 10.6. The largest absolute Gasteiger partial charge is 0.291 e. The van der Waals surface area contributed by atoms with Crippen molar-refractivity contribution in [2.24, 2.45) is 5.10 Å². The summed E-state index contributed by atoms with van der Waals surface area (Å²) in [7, 11) is 0. The van der Waals surface area contributed by atoms with Crippen LogP contribution >= 0.6 is 0 Å². The Morgan fingerprint density at radius 3 is 2.30 bits per heavy atom. The van der Waals surface area contributed by atoms with Gasteiger partial charge < -0.3 is 0 Å². The third-order valence-electron chi connectivity index (χ3n) is 3.61. The number of aromatic nitrogens is 2. The fourth-order valence-corrected chi connectivity index (χ4v) is 2.21. The van der Waals surface area contributed by atoms with Gasteiger partial charge in [-0.25, -0.2) is 15.9 Å². The van der Waals surface area contributed by atoms with Gasteiger partial charge >= 0.3 is 0 Å². The van der Waals surface area contributed by atoms with Gasteiger partial charge in [-0.15, -0.1) is 0 Å². The van der Waals surface area contributed by atoms with Crippen LogP contribution in [0.25, 0.3) is 11.3 Å². The number of hydrogen-bond donors (Lipinski definition) is 3. The molecule has 0 saturated carbocycles. The molecule has 0 spiro atoms. The first-order valence-corrected chi connectivity index (χ1v) is 7.93. The Bertz CT molecular complexity index is 955. The molecule has 8 heteroatoms. The molecule has 0 aliphatic heterocycles. The molecule has 8 nitrogen and oxygen atoms in total. The molecule has 3 aromatic rings. The predicted octanol–water partition coefficient (Wildman–Crippen LogP) is 2.03. The molecule has 0 atom stereocenters. The summed E-state index contributed by atoms with van der Waals surface area (Å²) in [5.41, 5.74) is 6.59. The lowest BCUT2D eigenvalue weighted by Crippen LogP contribution is -2.19. The summed E-state index contributed by atoms with van der Waals surface area (Å²) in [4.78, 5) is 31.6. The zero-order valence-corrected chi connectivity index (χ0v) is 14.0. The molecule has 134 valence electrons. The number of carbonyl (C=O) groups is 2. The number of carbonyl (C=O) groups excluding carboxylic acids is 2. The lowest BCUT2D eigenvalue weighted by atomic mass is 10.1. The van der Waals surface area contributed by atoms with Crippen LogP contribution in [0.4, 0.5) is 0 Å². The smallest absolute Gasteiger partial charge is 0.288 e. The summed E-state index contributed by atoms with van der Waals surface area (Å²) >= 11 is 0. The monoisotopic (exact) mass is 361 g/mol. The average molecular weight is 361 g/mol. The Morgan fingerprint density at radius 1 is 0.926 bits per heavy atom. The van der Waals surface area contributed by atoms with E-state index in [1.165, 1.54) is 30.7 Å². The fraction of sp³-hybridized carbons (Fsp3) is 0. The van der Waals surface area contributed by atoms with E-state index in [-0.39, 0.29) is 5.69 Å². The van der Waals surface area contributed by atoms with E-state index < -0.39 is 11.8 Å². The Labute approximate surface area is 154 Å². The topological polar surface area (TPSA) is 117 Å². The van der Waals surface area contributed by atoms with Gasteiger partial charge in [-0.2, -0.15) is 5.10 Å². The van der Waals surface area contributed by atoms with Gasteiger partial charge in [0.25, 0.3) is 11.8 Å². The first-order valence-electron chi connectivity index (χ1n) is 7.93. The molecular formula is C19H15N5O3. The van der Waals surface area contributed by atoms with Crippen LogP contribution in [0.15, 0.2) is 72.1 Å². The summed E-state index contributed by atoms with van der Waals surface area (Å²) in [5.74, 6) is -1.10. The van der Waals surface area contributed by atoms with Crippen LogP contribution in [-0.2, 0) is 0 Å². The van der Waals surface area contributed by atoms with Gasteiger partial charge in [0.2, 0.25) is 0 Å². The number of benzene rings is 2. The molecule has 3 N–H and O–H groups in total. The second-order valence-electron chi connectivity index (χ2n) is 5.41. The Hall–Kier alpha value is -3.91. The van der Waals surface area contributed by atoms with E-state index in [1.807, 2.05) is 30.3 Å². The van der Waals surface area contributed by atoms with Crippen LogP contribution < -0.4 is 10.9 Å². The Balaban J connectivity index is 1.60. The van der Waals surface area contributed by atoms with Crippen LogP contribution in [0.5, 0.6) is 0 Å². The molecule has 0 saturated heterocycles. The van der Waals surface area contributed by atoms with E-state index in [9.17, 15) is 9.59 Å². The predicted molar refractivity (Wildman–Crippen MR) is 98.2 cm³/mol. The van der Waals surface area contributed by atoms with Gasteiger partial charge in [-0.3, -0.25) is 19.8 Å². The quantitative estimate of drug-likeness (QED) is 0.365. The van der Waals surface area contributed by atoms with E-state index in [0.29, 0.717) is 16.8 Å². The standard InChI is InChI=1S/C19H15N5O3/c25-18(24-27)15-8-6-13(7-9-15)10-22-23-19(26)17-12-20-16(11-21-17)14-4-2-1-3-5-14/h1-12,27H,(H,23,26)(H,24,25). The number of hydroxylamine groups is 1. The molecule has 0 fully saturated rings. The van der Waals surface area contributed by atoms with E-state index >= 15 is 0 Å². The SMILES string of the molecule is O=C(NO)c1ccc(C=NNC(=O)c2cnc(-c3ccccc3)cn2)cc1. The summed E-state index contributed by atoms with van der Waals surface area (Å²) < 4.78 is 0.